The van der Waals surface area contributed by atoms with Crippen LogP contribution in [0.3, 0.4) is 0 Å². The van der Waals surface area contributed by atoms with Gasteiger partial charge in [-0.15, -0.1) is 0 Å². The minimum Gasteiger partial charge on any atom is -0.380 e. The van der Waals surface area contributed by atoms with E-state index in [4.69, 9.17) is 0 Å². The highest BCUT2D eigenvalue weighted by Crippen LogP contribution is 2.24. The van der Waals surface area contributed by atoms with Crippen molar-refractivity contribution in [3.05, 3.63) is 61.6 Å². The van der Waals surface area contributed by atoms with Crippen molar-refractivity contribution in [1.29, 1.82) is 0 Å². The van der Waals surface area contributed by atoms with E-state index in [9.17, 15) is 0 Å². The van der Waals surface area contributed by atoms with Crippen LogP contribution in [0.4, 0.5) is 5.69 Å². The van der Waals surface area contributed by atoms with Crippen molar-refractivity contribution in [2.45, 2.75) is 19.9 Å². The fourth-order valence-corrected chi connectivity index (χ4v) is 2.60. The van der Waals surface area contributed by atoms with E-state index in [0.717, 1.165) is 23.1 Å². The van der Waals surface area contributed by atoms with Crippen molar-refractivity contribution < 1.29 is 0 Å². The number of benzene rings is 2. The Morgan fingerprint density at radius 3 is 2.39 bits per heavy atom. The van der Waals surface area contributed by atoms with Crippen molar-refractivity contribution in [1.82, 2.24) is 0 Å². The van der Waals surface area contributed by atoms with E-state index in [1.165, 1.54) is 14.7 Å². The summed E-state index contributed by atoms with van der Waals surface area (Å²) < 4.78 is 2.34. The maximum Gasteiger partial charge on any atom is 0.0497 e. The average Bonchev–Trinajstić information content (AvgIpc) is 2.40. The van der Waals surface area contributed by atoms with Gasteiger partial charge in [0, 0.05) is 20.3 Å². The number of hydrogen-bond donors (Lipinski definition) is 1. The molecule has 1 nitrogen and oxygen atoms in total. The first-order valence-electron chi connectivity index (χ1n) is 5.96. The van der Waals surface area contributed by atoms with Gasteiger partial charge >= 0.3 is 0 Å². The average molecular weight is 416 g/mol. The van der Waals surface area contributed by atoms with Gasteiger partial charge in [-0.3, -0.25) is 0 Å². The standard InChI is InChI=1S/C15H15BrIN/c1-2-11-3-5-12(6-4-11)10-18-15-9-13(17)7-8-14(15)16/h3-9,18H,2,10H2,1H3. The third-order valence-corrected chi connectivity index (χ3v) is 4.21. The van der Waals surface area contributed by atoms with Crippen LogP contribution in [0, 0.1) is 3.57 Å². The molecule has 0 spiro atoms. The summed E-state index contributed by atoms with van der Waals surface area (Å²) in [6.45, 7) is 3.03. The van der Waals surface area contributed by atoms with E-state index in [1.807, 2.05) is 0 Å². The molecule has 0 aromatic heterocycles. The lowest BCUT2D eigenvalue weighted by Gasteiger charge is -2.09. The Kier molecular flexibility index (Phi) is 5.06. The number of aryl methyl sites for hydroxylation is 1. The van der Waals surface area contributed by atoms with Gasteiger partial charge in [-0.25, -0.2) is 0 Å². The van der Waals surface area contributed by atoms with E-state index in [1.54, 1.807) is 0 Å². The molecule has 0 atom stereocenters. The Labute approximate surface area is 130 Å². The smallest absolute Gasteiger partial charge is 0.0497 e. The predicted octanol–water partition coefficient (Wildman–Crippen LogP) is 5.23. The molecule has 2 rings (SSSR count). The predicted molar refractivity (Wildman–Crippen MR) is 90.0 cm³/mol. The Balaban J connectivity index is 2.04. The number of halogens is 2. The van der Waals surface area contributed by atoms with Crippen LogP contribution in [0.1, 0.15) is 18.1 Å². The van der Waals surface area contributed by atoms with E-state index < -0.39 is 0 Å². The quantitative estimate of drug-likeness (QED) is 0.674. The molecule has 0 saturated carbocycles. The van der Waals surface area contributed by atoms with Gasteiger partial charge in [-0.05, 0) is 74.3 Å². The molecule has 1 N–H and O–H groups in total. The van der Waals surface area contributed by atoms with E-state index >= 15 is 0 Å². The summed E-state index contributed by atoms with van der Waals surface area (Å²) in [4.78, 5) is 0. The maximum absolute atomic E-state index is 3.56. The number of hydrogen-bond acceptors (Lipinski definition) is 1. The Morgan fingerprint density at radius 2 is 1.72 bits per heavy atom. The highest BCUT2D eigenvalue weighted by atomic mass is 127. The van der Waals surface area contributed by atoms with Crippen LogP contribution in [0.15, 0.2) is 46.9 Å². The van der Waals surface area contributed by atoms with Gasteiger partial charge in [0.25, 0.3) is 0 Å². The van der Waals surface area contributed by atoms with Gasteiger partial charge in [-0.2, -0.15) is 0 Å². The number of nitrogens with one attached hydrogen (secondary N) is 1. The zero-order valence-electron chi connectivity index (χ0n) is 10.2. The fourth-order valence-electron chi connectivity index (χ4n) is 1.72. The van der Waals surface area contributed by atoms with Crippen LogP contribution in [0.5, 0.6) is 0 Å². The fraction of sp³-hybridized carbons (Fsp3) is 0.200. The summed E-state index contributed by atoms with van der Waals surface area (Å²) in [6.07, 6.45) is 1.09. The molecule has 0 unspecified atom stereocenters. The van der Waals surface area contributed by atoms with Gasteiger partial charge in [0.2, 0.25) is 0 Å². The van der Waals surface area contributed by atoms with Crippen LogP contribution in [-0.2, 0) is 13.0 Å². The summed E-state index contributed by atoms with van der Waals surface area (Å²) in [5.74, 6) is 0. The molecule has 0 heterocycles. The third kappa shape index (κ3) is 3.72. The molecule has 0 radical (unpaired) electrons. The summed E-state index contributed by atoms with van der Waals surface area (Å²) in [7, 11) is 0. The normalized spacial score (nSPS) is 10.4. The lowest BCUT2D eigenvalue weighted by Crippen LogP contribution is -2.00. The molecule has 18 heavy (non-hydrogen) atoms. The molecule has 2 aromatic carbocycles. The van der Waals surface area contributed by atoms with E-state index in [0.29, 0.717) is 0 Å². The molecule has 94 valence electrons. The Bertz CT molecular complexity index is 523. The van der Waals surface area contributed by atoms with Crippen LogP contribution >= 0.6 is 38.5 Å². The molecule has 0 aliphatic rings. The second-order valence-corrected chi connectivity index (χ2v) is 6.25. The van der Waals surface area contributed by atoms with Gasteiger partial charge in [-0.1, -0.05) is 31.2 Å². The van der Waals surface area contributed by atoms with Crippen LogP contribution in [-0.4, -0.2) is 0 Å². The highest BCUT2D eigenvalue weighted by molar-refractivity contribution is 14.1. The van der Waals surface area contributed by atoms with Crippen molar-refractivity contribution in [3.63, 3.8) is 0 Å². The molecule has 0 aliphatic carbocycles. The molecule has 2 aromatic rings. The van der Waals surface area contributed by atoms with Crippen LogP contribution in [0.25, 0.3) is 0 Å². The van der Waals surface area contributed by atoms with Gasteiger partial charge in [0.05, 0.1) is 0 Å². The van der Waals surface area contributed by atoms with Gasteiger partial charge < -0.3 is 5.32 Å². The molecule has 0 bridgehead atoms. The second kappa shape index (κ2) is 6.57. The minimum atomic E-state index is 0.850. The number of anilines is 1. The molecule has 0 fully saturated rings. The molecule has 0 amide bonds. The van der Waals surface area contributed by atoms with Crippen molar-refractivity contribution in [2.24, 2.45) is 0 Å². The summed E-state index contributed by atoms with van der Waals surface area (Å²) in [5.41, 5.74) is 3.83. The third-order valence-electron chi connectivity index (χ3n) is 2.84. The van der Waals surface area contributed by atoms with Crippen molar-refractivity contribution in [3.8, 4) is 0 Å². The summed E-state index contributed by atoms with van der Waals surface area (Å²) in [6, 6.07) is 15.1. The monoisotopic (exact) mass is 415 g/mol. The SMILES string of the molecule is CCc1ccc(CNc2cc(I)ccc2Br)cc1. The Morgan fingerprint density at radius 1 is 1.06 bits per heavy atom. The molecule has 0 saturated heterocycles. The summed E-state index contributed by atoms with van der Waals surface area (Å²) in [5, 5.41) is 3.46. The zero-order chi connectivity index (χ0) is 13.0. The van der Waals surface area contributed by atoms with Crippen molar-refractivity contribution >= 4 is 44.2 Å². The molecular formula is C15H15BrIN. The van der Waals surface area contributed by atoms with Crippen LogP contribution in [0.2, 0.25) is 0 Å². The first-order chi connectivity index (χ1) is 8.69. The highest BCUT2D eigenvalue weighted by Gasteiger charge is 2.00. The molecule has 3 heteroatoms. The largest absolute Gasteiger partial charge is 0.380 e. The second-order valence-electron chi connectivity index (χ2n) is 4.15. The van der Waals surface area contributed by atoms with E-state index in [-0.39, 0.29) is 0 Å². The lowest BCUT2D eigenvalue weighted by atomic mass is 10.1. The molecular weight excluding hydrogens is 401 g/mol. The first kappa shape index (κ1) is 13.9. The number of rotatable bonds is 4. The lowest BCUT2D eigenvalue weighted by molar-refractivity contribution is 1.10. The van der Waals surface area contributed by atoms with E-state index in [2.05, 4.69) is 93.2 Å². The zero-order valence-corrected chi connectivity index (χ0v) is 14.0. The van der Waals surface area contributed by atoms with Crippen molar-refractivity contribution in [2.75, 3.05) is 5.32 Å². The summed E-state index contributed by atoms with van der Waals surface area (Å²) >= 11 is 5.89. The van der Waals surface area contributed by atoms with Crippen LogP contribution < -0.4 is 5.32 Å². The maximum atomic E-state index is 3.56. The van der Waals surface area contributed by atoms with Gasteiger partial charge in [0.1, 0.15) is 0 Å². The first-order valence-corrected chi connectivity index (χ1v) is 7.83. The Hall–Kier alpha value is -0.550. The topological polar surface area (TPSA) is 12.0 Å². The van der Waals surface area contributed by atoms with Gasteiger partial charge in [0.15, 0.2) is 0 Å². The molecule has 0 aliphatic heterocycles. The minimum absolute atomic E-state index is 0.850.